The van der Waals surface area contributed by atoms with Gasteiger partial charge in [0.05, 0.1) is 0 Å². The number of hydrogen-bond acceptors (Lipinski definition) is 2. The molecular weight excluding hydrogens is 220 g/mol. The molecule has 0 fully saturated rings. The summed E-state index contributed by atoms with van der Waals surface area (Å²) in [6.07, 6.45) is 1.15. The van der Waals surface area contributed by atoms with E-state index in [0.29, 0.717) is 6.04 Å². The maximum atomic E-state index is 3.60. The zero-order valence-corrected chi connectivity index (χ0v) is 12.7. The highest BCUT2D eigenvalue weighted by Crippen LogP contribution is 2.21. The van der Waals surface area contributed by atoms with E-state index in [2.05, 4.69) is 76.1 Å². The van der Waals surface area contributed by atoms with E-state index in [1.54, 1.807) is 0 Å². The number of para-hydroxylation sites is 1. The zero-order chi connectivity index (χ0) is 13.8. The fourth-order valence-corrected chi connectivity index (χ4v) is 2.13. The lowest BCUT2D eigenvalue weighted by Gasteiger charge is -2.33. The second-order valence-corrected chi connectivity index (χ2v) is 6.09. The number of nitrogens with zero attached hydrogens (tertiary/aromatic N) is 1. The molecule has 0 aliphatic heterocycles. The molecule has 0 aliphatic rings. The van der Waals surface area contributed by atoms with Gasteiger partial charge in [0.1, 0.15) is 0 Å². The minimum Gasteiger partial charge on any atom is -0.370 e. The zero-order valence-electron chi connectivity index (χ0n) is 12.7. The molecule has 1 unspecified atom stereocenters. The SMILES string of the molecule is CCC(CNC(C)(C)C)N(C)c1ccccc1C. The molecule has 0 saturated carbocycles. The normalized spacial score (nSPS) is 13.4. The summed E-state index contributed by atoms with van der Waals surface area (Å²) in [5, 5.41) is 3.60. The first-order valence-corrected chi connectivity index (χ1v) is 6.88. The van der Waals surface area contributed by atoms with Gasteiger partial charge in [-0.1, -0.05) is 25.1 Å². The van der Waals surface area contributed by atoms with Crippen molar-refractivity contribution in [1.29, 1.82) is 0 Å². The molecule has 0 saturated heterocycles. The number of rotatable bonds is 5. The average molecular weight is 248 g/mol. The van der Waals surface area contributed by atoms with Gasteiger partial charge in [0, 0.05) is 30.9 Å². The molecule has 0 amide bonds. The maximum absolute atomic E-state index is 3.60. The first-order chi connectivity index (χ1) is 8.35. The summed E-state index contributed by atoms with van der Waals surface area (Å²) in [6.45, 7) is 12.1. The number of benzene rings is 1. The van der Waals surface area contributed by atoms with Gasteiger partial charge >= 0.3 is 0 Å². The van der Waals surface area contributed by atoms with Gasteiger partial charge in [-0.2, -0.15) is 0 Å². The minimum absolute atomic E-state index is 0.181. The number of anilines is 1. The van der Waals surface area contributed by atoms with Crippen molar-refractivity contribution in [2.75, 3.05) is 18.5 Å². The van der Waals surface area contributed by atoms with Crippen molar-refractivity contribution in [3.8, 4) is 0 Å². The van der Waals surface area contributed by atoms with Crippen molar-refractivity contribution in [1.82, 2.24) is 5.32 Å². The summed E-state index contributed by atoms with van der Waals surface area (Å²) in [5.41, 5.74) is 2.86. The lowest BCUT2D eigenvalue weighted by atomic mass is 10.1. The fourth-order valence-electron chi connectivity index (χ4n) is 2.13. The summed E-state index contributed by atoms with van der Waals surface area (Å²) < 4.78 is 0. The van der Waals surface area contributed by atoms with Crippen LogP contribution in [0.5, 0.6) is 0 Å². The monoisotopic (exact) mass is 248 g/mol. The topological polar surface area (TPSA) is 15.3 Å². The third kappa shape index (κ3) is 4.34. The van der Waals surface area contributed by atoms with Gasteiger partial charge in [0.15, 0.2) is 0 Å². The molecule has 0 bridgehead atoms. The molecule has 0 heterocycles. The molecular formula is C16H28N2. The van der Waals surface area contributed by atoms with Crippen LogP contribution in [-0.4, -0.2) is 25.2 Å². The molecule has 0 spiro atoms. The van der Waals surface area contributed by atoms with E-state index in [1.807, 2.05) is 0 Å². The van der Waals surface area contributed by atoms with Gasteiger partial charge in [-0.05, 0) is 45.7 Å². The number of hydrogen-bond donors (Lipinski definition) is 1. The van der Waals surface area contributed by atoms with Crippen molar-refractivity contribution >= 4 is 5.69 Å². The quantitative estimate of drug-likeness (QED) is 0.856. The molecule has 2 heteroatoms. The van der Waals surface area contributed by atoms with E-state index in [4.69, 9.17) is 0 Å². The third-order valence-electron chi connectivity index (χ3n) is 3.38. The van der Waals surface area contributed by atoms with Gasteiger partial charge in [0.2, 0.25) is 0 Å². The Bertz CT molecular complexity index is 366. The summed E-state index contributed by atoms with van der Waals surface area (Å²) >= 11 is 0. The number of likely N-dealkylation sites (N-methyl/N-ethyl adjacent to an activating group) is 1. The minimum atomic E-state index is 0.181. The van der Waals surface area contributed by atoms with Crippen LogP contribution in [0.15, 0.2) is 24.3 Å². The average Bonchev–Trinajstić information content (AvgIpc) is 2.28. The smallest absolute Gasteiger partial charge is 0.0408 e. The van der Waals surface area contributed by atoms with Crippen LogP contribution < -0.4 is 10.2 Å². The van der Waals surface area contributed by atoms with Crippen LogP contribution in [0.4, 0.5) is 5.69 Å². The molecule has 0 radical (unpaired) electrons. The molecule has 1 aromatic rings. The highest BCUT2D eigenvalue weighted by molar-refractivity contribution is 5.53. The van der Waals surface area contributed by atoms with E-state index >= 15 is 0 Å². The van der Waals surface area contributed by atoms with Gasteiger partial charge in [-0.15, -0.1) is 0 Å². The van der Waals surface area contributed by atoms with Crippen LogP contribution in [0.25, 0.3) is 0 Å². The van der Waals surface area contributed by atoms with E-state index < -0.39 is 0 Å². The Balaban J connectivity index is 2.74. The Kier molecular flexibility index (Phi) is 5.21. The molecule has 1 atom stereocenters. The van der Waals surface area contributed by atoms with Crippen LogP contribution >= 0.6 is 0 Å². The largest absolute Gasteiger partial charge is 0.370 e. The molecule has 1 aromatic carbocycles. The van der Waals surface area contributed by atoms with E-state index in [0.717, 1.165) is 13.0 Å². The molecule has 1 N–H and O–H groups in total. The summed E-state index contributed by atoms with van der Waals surface area (Å²) in [6, 6.07) is 9.12. The van der Waals surface area contributed by atoms with Crippen molar-refractivity contribution in [2.24, 2.45) is 0 Å². The highest BCUT2D eigenvalue weighted by atomic mass is 15.2. The molecule has 18 heavy (non-hydrogen) atoms. The summed E-state index contributed by atoms with van der Waals surface area (Å²) in [4.78, 5) is 2.40. The predicted octanol–water partition coefficient (Wildman–Crippen LogP) is 3.60. The molecule has 0 aromatic heterocycles. The predicted molar refractivity (Wildman–Crippen MR) is 81.4 cm³/mol. The Labute approximate surface area is 112 Å². The van der Waals surface area contributed by atoms with Crippen molar-refractivity contribution in [3.63, 3.8) is 0 Å². The fraction of sp³-hybridized carbons (Fsp3) is 0.625. The van der Waals surface area contributed by atoms with E-state index in [9.17, 15) is 0 Å². The summed E-state index contributed by atoms with van der Waals surface area (Å²) in [7, 11) is 2.20. The lowest BCUT2D eigenvalue weighted by Crippen LogP contribution is -2.46. The van der Waals surface area contributed by atoms with Crippen molar-refractivity contribution in [3.05, 3.63) is 29.8 Å². The Morgan fingerprint density at radius 2 is 1.83 bits per heavy atom. The molecule has 2 nitrogen and oxygen atoms in total. The van der Waals surface area contributed by atoms with E-state index in [1.165, 1.54) is 11.3 Å². The molecule has 102 valence electrons. The van der Waals surface area contributed by atoms with Crippen LogP contribution in [0.3, 0.4) is 0 Å². The third-order valence-corrected chi connectivity index (χ3v) is 3.38. The van der Waals surface area contributed by atoms with Gasteiger partial charge in [-0.25, -0.2) is 0 Å². The first-order valence-electron chi connectivity index (χ1n) is 6.88. The maximum Gasteiger partial charge on any atom is 0.0408 e. The van der Waals surface area contributed by atoms with Crippen molar-refractivity contribution in [2.45, 2.75) is 52.6 Å². The second kappa shape index (κ2) is 6.24. The number of nitrogens with one attached hydrogen (secondary N) is 1. The first kappa shape index (κ1) is 15.0. The van der Waals surface area contributed by atoms with Gasteiger partial charge in [0.25, 0.3) is 0 Å². The standard InChI is InChI=1S/C16H28N2/c1-7-14(12-17-16(3,4)5)18(6)15-11-9-8-10-13(15)2/h8-11,14,17H,7,12H2,1-6H3. The van der Waals surface area contributed by atoms with Gasteiger partial charge in [-0.3, -0.25) is 0 Å². The van der Waals surface area contributed by atoms with Crippen LogP contribution in [0.2, 0.25) is 0 Å². The molecule has 0 aliphatic carbocycles. The van der Waals surface area contributed by atoms with Gasteiger partial charge < -0.3 is 10.2 Å². The van der Waals surface area contributed by atoms with Crippen molar-refractivity contribution < 1.29 is 0 Å². The van der Waals surface area contributed by atoms with Crippen LogP contribution in [-0.2, 0) is 0 Å². The van der Waals surface area contributed by atoms with E-state index in [-0.39, 0.29) is 5.54 Å². The number of aryl methyl sites for hydroxylation is 1. The Morgan fingerprint density at radius 3 is 2.33 bits per heavy atom. The Morgan fingerprint density at radius 1 is 1.22 bits per heavy atom. The van der Waals surface area contributed by atoms with Crippen LogP contribution in [0.1, 0.15) is 39.7 Å². The summed E-state index contributed by atoms with van der Waals surface area (Å²) in [5.74, 6) is 0. The molecule has 1 rings (SSSR count). The highest BCUT2D eigenvalue weighted by Gasteiger charge is 2.17. The lowest BCUT2D eigenvalue weighted by molar-refractivity contribution is 0.397. The Hall–Kier alpha value is -1.02. The second-order valence-electron chi connectivity index (χ2n) is 6.09. The van der Waals surface area contributed by atoms with Crippen LogP contribution in [0, 0.1) is 6.92 Å².